The lowest BCUT2D eigenvalue weighted by atomic mass is 9.93. The Balaban J connectivity index is 0.00000240. The second-order valence-corrected chi connectivity index (χ2v) is 8.35. The van der Waals surface area contributed by atoms with Crippen molar-refractivity contribution in [3.63, 3.8) is 0 Å². The van der Waals surface area contributed by atoms with E-state index in [0.29, 0.717) is 23.1 Å². The standard InChI is InChI=1S/C22H24Cl2N2O2.ClH/c1-25(21(27)13-15-8-9-17(23)18(24)12-15)22-16-6-2-3-7-20(16)28-14-19(22)26-10-4-5-11-26;/h2-3,6-9,12,19,22H,4-5,10-11,13-14H2,1H3;1H/t19-,22-;/m0./s1. The lowest BCUT2D eigenvalue weighted by Gasteiger charge is -2.43. The number of benzene rings is 2. The van der Waals surface area contributed by atoms with Gasteiger partial charge in [-0.25, -0.2) is 0 Å². The number of halogens is 3. The van der Waals surface area contributed by atoms with Gasteiger partial charge in [-0.1, -0.05) is 47.5 Å². The van der Waals surface area contributed by atoms with Crippen LogP contribution in [0.2, 0.25) is 10.0 Å². The van der Waals surface area contributed by atoms with Gasteiger partial charge in [-0.3, -0.25) is 9.69 Å². The van der Waals surface area contributed by atoms with Crippen LogP contribution in [0.1, 0.15) is 30.0 Å². The third-order valence-electron chi connectivity index (χ3n) is 5.77. The highest BCUT2D eigenvalue weighted by Crippen LogP contribution is 2.38. The van der Waals surface area contributed by atoms with Crippen LogP contribution in [0, 0.1) is 0 Å². The zero-order chi connectivity index (χ0) is 19.7. The van der Waals surface area contributed by atoms with E-state index in [4.69, 9.17) is 27.9 Å². The number of nitrogens with zero attached hydrogens (tertiary/aromatic N) is 2. The highest BCUT2D eigenvalue weighted by atomic mass is 35.5. The SMILES string of the molecule is CN(C(=O)Cc1ccc(Cl)c(Cl)c1)[C@H]1c2ccccc2OC[C@@H]1N1CCCC1.Cl. The zero-order valence-corrected chi connectivity index (χ0v) is 18.6. The number of carbonyl (C=O) groups excluding carboxylic acids is 1. The number of rotatable bonds is 4. The predicted molar refractivity (Wildman–Crippen MR) is 119 cm³/mol. The largest absolute Gasteiger partial charge is 0.491 e. The Morgan fingerprint density at radius 1 is 1.14 bits per heavy atom. The van der Waals surface area contributed by atoms with Crippen molar-refractivity contribution in [2.24, 2.45) is 0 Å². The molecule has 2 aliphatic rings. The quantitative estimate of drug-likeness (QED) is 0.649. The van der Waals surface area contributed by atoms with Gasteiger partial charge >= 0.3 is 0 Å². The van der Waals surface area contributed by atoms with Crippen molar-refractivity contribution in [1.82, 2.24) is 9.80 Å². The Morgan fingerprint density at radius 2 is 1.86 bits per heavy atom. The molecule has 0 saturated carbocycles. The first-order valence-electron chi connectivity index (χ1n) is 9.70. The lowest BCUT2D eigenvalue weighted by molar-refractivity contribution is -0.133. The Morgan fingerprint density at radius 3 is 2.59 bits per heavy atom. The van der Waals surface area contributed by atoms with E-state index in [1.807, 2.05) is 36.2 Å². The molecule has 0 N–H and O–H groups in total. The van der Waals surface area contributed by atoms with Gasteiger partial charge < -0.3 is 9.64 Å². The fraction of sp³-hybridized carbons (Fsp3) is 0.409. The van der Waals surface area contributed by atoms with Crippen LogP contribution in [0.3, 0.4) is 0 Å². The molecule has 0 aliphatic carbocycles. The summed E-state index contributed by atoms with van der Waals surface area (Å²) in [6.07, 6.45) is 2.69. The number of likely N-dealkylation sites (N-methyl/N-ethyl adjacent to an activating group) is 1. The number of fused-ring (bicyclic) bond motifs is 1. The third-order valence-corrected chi connectivity index (χ3v) is 6.51. The van der Waals surface area contributed by atoms with Crippen LogP contribution in [0.4, 0.5) is 0 Å². The minimum Gasteiger partial charge on any atom is -0.491 e. The van der Waals surface area contributed by atoms with Gasteiger partial charge in [-0.05, 0) is 49.7 Å². The molecule has 1 saturated heterocycles. The Bertz CT molecular complexity index is 871. The second kappa shape index (κ2) is 9.57. The van der Waals surface area contributed by atoms with Gasteiger partial charge in [-0.15, -0.1) is 12.4 Å². The Kier molecular flexibility index (Phi) is 7.33. The highest BCUT2D eigenvalue weighted by Gasteiger charge is 2.39. The van der Waals surface area contributed by atoms with Gasteiger partial charge in [0, 0.05) is 12.6 Å². The molecule has 29 heavy (non-hydrogen) atoms. The first kappa shape index (κ1) is 22.2. The molecule has 4 rings (SSSR count). The van der Waals surface area contributed by atoms with Crippen molar-refractivity contribution in [2.45, 2.75) is 31.3 Å². The van der Waals surface area contributed by atoms with Crippen molar-refractivity contribution in [3.05, 3.63) is 63.6 Å². The van der Waals surface area contributed by atoms with Crippen LogP contribution >= 0.6 is 35.6 Å². The van der Waals surface area contributed by atoms with Crippen molar-refractivity contribution in [1.29, 1.82) is 0 Å². The summed E-state index contributed by atoms with van der Waals surface area (Å²) in [6, 6.07) is 13.6. The van der Waals surface area contributed by atoms with Crippen molar-refractivity contribution < 1.29 is 9.53 Å². The Labute approximate surface area is 188 Å². The van der Waals surface area contributed by atoms with E-state index in [9.17, 15) is 4.79 Å². The number of amides is 1. The first-order chi connectivity index (χ1) is 13.5. The van der Waals surface area contributed by atoms with Gasteiger partial charge in [0.2, 0.25) is 5.91 Å². The molecule has 2 aromatic rings. The maximum absolute atomic E-state index is 13.2. The smallest absolute Gasteiger partial charge is 0.227 e. The molecule has 4 nitrogen and oxygen atoms in total. The van der Waals surface area contributed by atoms with E-state index in [0.717, 1.165) is 30.0 Å². The van der Waals surface area contributed by atoms with E-state index in [1.165, 1.54) is 12.8 Å². The summed E-state index contributed by atoms with van der Waals surface area (Å²) in [5, 5.41) is 0.972. The summed E-state index contributed by atoms with van der Waals surface area (Å²) in [7, 11) is 1.90. The predicted octanol–water partition coefficient (Wildman–Crippen LogP) is 5.01. The molecule has 0 bridgehead atoms. The van der Waals surface area contributed by atoms with Crippen LogP contribution < -0.4 is 4.74 Å². The summed E-state index contributed by atoms with van der Waals surface area (Å²) in [5.74, 6) is 0.932. The summed E-state index contributed by atoms with van der Waals surface area (Å²) >= 11 is 12.1. The highest BCUT2D eigenvalue weighted by molar-refractivity contribution is 6.42. The molecule has 2 heterocycles. The summed E-state index contributed by atoms with van der Waals surface area (Å²) in [4.78, 5) is 17.5. The second-order valence-electron chi connectivity index (χ2n) is 7.53. The van der Waals surface area contributed by atoms with Crippen molar-refractivity contribution in [3.8, 4) is 5.75 Å². The van der Waals surface area contributed by atoms with Crippen molar-refractivity contribution >= 4 is 41.5 Å². The minimum absolute atomic E-state index is 0. The van der Waals surface area contributed by atoms with Crippen LogP contribution in [-0.2, 0) is 11.2 Å². The average Bonchev–Trinajstić information content (AvgIpc) is 3.24. The lowest BCUT2D eigenvalue weighted by Crippen LogP contribution is -2.51. The molecular weight excluding hydrogens is 431 g/mol. The van der Waals surface area contributed by atoms with Gasteiger partial charge in [0.15, 0.2) is 0 Å². The molecule has 156 valence electrons. The van der Waals surface area contributed by atoms with Gasteiger partial charge in [-0.2, -0.15) is 0 Å². The summed E-state index contributed by atoms with van der Waals surface area (Å²) in [6.45, 7) is 2.72. The number of hydrogen-bond donors (Lipinski definition) is 0. The maximum Gasteiger partial charge on any atom is 0.227 e. The average molecular weight is 456 g/mol. The Hall–Kier alpha value is -1.46. The summed E-state index contributed by atoms with van der Waals surface area (Å²) < 4.78 is 6.04. The first-order valence-corrected chi connectivity index (χ1v) is 10.5. The third kappa shape index (κ3) is 4.66. The molecule has 0 aromatic heterocycles. The van der Waals surface area contributed by atoms with E-state index in [-0.39, 0.29) is 30.4 Å². The number of para-hydroxylation sites is 1. The molecule has 2 aliphatic heterocycles. The van der Waals surface area contributed by atoms with Gasteiger partial charge in [0.1, 0.15) is 12.4 Å². The topological polar surface area (TPSA) is 32.8 Å². The van der Waals surface area contributed by atoms with E-state index in [1.54, 1.807) is 12.1 Å². The van der Waals surface area contributed by atoms with Crippen LogP contribution in [-0.4, -0.2) is 48.5 Å². The maximum atomic E-state index is 13.2. The number of hydrogen-bond acceptors (Lipinski definition) is 3. The minimum atomic E-state index is -0.0293. The molecule has 2 atom stereocenters. The number of likely N-dealkylation sites (tertiary alicyclic amines) is 1. The number of ether oxygens (including phenoxy) is 1. The molecule has 0 unspecified atom stereocenters. The molecule has 1 amide bonds. The van der Waals surface area contributed by atoms with Gasteiger partial charge in [0.25, 0.3) is 0 Å². The number of carbonyl (C=O) groups is 1. The molecular formula is C22H25Cl3N2O2. The summed E-state index contributed by atoms with van der Waals surface area (Å²) in [5.41, 5.74) is 1.94. The van der Waals surface area contributed by atoms with Crippen LogP contribution in [0.5, 0.6) is 5.75 Å². The fourth-order valence-electron chi connectivity index (χ4n) is 4.28. The monoisotopic (exact) mass is 454 g/mol. The molecule has 1 fully saturated rings. The normalized spacial score (nSPS) is 21.1. The van der Waals surface area contributed by atoms with E-state index >= 15 is 0 Å². The van der Waals surface area contributed by atoms with E-state index in [2.05, 4.69) is 11.0 Å². The van der Waals surface area contributed by atoms with Gasteiger partial charge in [0.05, 0.1) is 28.5 Å². The molecule has 2 aromatic carbocycles. The zero-order valence-electron chi connectivity index (χ0n) is 16.3. The molecule has 0 radical (unpaired) electrons. The molecule has 0 spiro atoms. The fourth-order valence-corrected chi connectivity index (χ4v) is 4.60. The van der Waals surface area contributed by atoms with Crippen LogP contribution in [0.15, 0.2) is 42.5 Å². The molecule has 7 heteroatoms. The van der Waals surface area contributed by atoms with E-state index < -0.39 is 0 Å². The van der Waals surface area contributed by atoms with Crippen molar-refractivity contribution in [2.75, 3.05) is 26.7 Å². The van der Waals surface area contributed by atoms with Crippen LogP contribution in [0.25, 0.3) is 0 Å².